The standard InChI is InChI=1S/C15H16N4O/c1-2-14-17-18-15(20-14)13-9-11-5-3-4-6-12(11)10-19(13)8-7-16/h3-6,13H,2,8-10H2,1H3/t13-/m0/s1. The summed E-state index contributed by atoms with van der Waals surface area (Å²) in [5, 5.41) is 17.2. The summed E-state index contributed by atoms with van der Waals surface area (Å²) in [6.45, 7) is 3.10. The fraction of sp³-hybridized carbons (Fsp3) is 0.400. The summed E-state index contributed by atoms with van der Waals surface area (Å²) in [7, 11) is 0. The van der Waals surface area contributed by atoms with Crippen LogP contribution in [0.5, 0.6) is 0 Å². The van der Waals surface area contributed by atoms with Gasteiger partial charge in [-0.2, -0.15) is 5.26 Å². The molecule has 20 heavy (non-hydrogen) atoms. The number of nitrogens with zero attached hydrogens (tertiary/aromatic N) is 4. The first-order valence-corrected chi connectivity index (χ1v) is 6.82. The second-order valence-electron chi connectivity index (χ2n) is 4.94. The van der Waals surface area contributed by atoms with E-state index in [0.717, 1.165) is 19.4 Å². The van der Waals surface area contributed by atoms with Gasteiger partial charge >= 0.3 is 0 Å². The molecule has 0 amide bonds. The molecule has 5 nitrogen and oxygen atoms in total. The van der Waals surface area contributed by atoms with Gasteiger partial charge in [0.2, 0.25) is 11.8 Å². The van der Waals surface area contributed by atoms with Crippen LogP contribution in [0.4, 0.5) is 0 Å². The molecule has 3 rings (SSSR count). The topological polar surface area (TPSA) is 66.0 Å². The van der Waals surface area contributed by atoms with Crippen LogP contribution in [0.3, 0.4) is 0 Å². The van der Waals surface area contributed by atoms with E-state index in [1.165, 1.54) is 11.1 Å². The maximum Gasteiger partial charge on any atom is 0.233 e. The minimum absolute atomic E-state index is 0.00245. The zero-order valence-corrected chi connectivity index (χ0v) is 11.4. The van der Waals surface area contributed by atoms with E-state index in [-0.39, 0.29) is 6.04 Å². The van der Waals surface area contributed by atoms with Gasteiger partial charge in [-0.1, -0.05) is 31.2 Å². The van der Waals surface area contributed by atoms with Crippen molar-refractivity contribution >= 4 is 0 Å². The van der Waals surface area contributed by atoms with Crippen LogP contribution in [-0.4, -0.2) is 21.6 Å². The van der Waals surface area contributed by atoms with Gasteiger partial charge < -0.3 is 4.42 Å². The summed E-state index contributed by atoms with van der Waals surface area (Å²) in [5.41, 5.74) is 2.57. The van der Waals surface area contributed by atoms with Gasteiger partial charge in [0, 0.05) is 13.0 Å². The van der Waals surface area contributed by atoms with Gasteiger partial charge in [0.05, 0.1) is 18.7 Å². The molecule has 102 valence electrons. The van der Waals surface area contributed by atoms with E-state index in [9.17, 15) is 0 Å². The number of aromatic nitrogens is 2. The first kappa shape index (κ1) is 12.8. The molecule has 0 spiro atoms. The van der Waals surface area contributed by atoms with Crippen molar-refractivity contribution in [2.45, 2.75) is 32.4 Å². The van der Waals surface area contributed by atoms with Crippen LogP contribution in [0.2, 0.25) is 0 Å². The Kier molecular flexibility index (Phi) is 3.48. The van der Waals surface area contributed by atoms with Crippen LogP contribution < -0.4 is 0 Å². The van der Waals surface area contributed by atoms with Crippen LogP contribution in [0.15, 0.2) is 28.7 Å². The van der Waals surface area contributed by atoms with Gasteiger partial charge in [-0.05, 0) is 17.5 Å². The summed E-state index contributed by atoms with van der Waals surface area (Å²) >= 11 is 0. The van der Waals surface area contributed by atoms with Crippen molar-refractivity contribution in [2.75, 3.05) is 6.54 Å². The summed E-state index contributed by atoms with van der Waals surface area (Å²) in [5.74, 6) is 1.27. The van der Waals surface area contributed by atoms with Crippen LogP contribution in [0.25, 0.3) is 0 Å². The SMILES string of the molecule is CCc1nnc([C@@H]2Cc3ccccc3CN2CC#N)o1. The zero-order chi connectivity index (χ0) is 13.9. The Labute approximate surface area is 117 Å². The molecule has 0 saturated carbocycles. The summed E-state index contributed by atoms with van der Waals surface area (Å²) < 4.78 is 5.69. The second-order valence-corrected chi connectivity index (χ2v) is 4.94. The molecule has 2 aromatic rings. The molecule has 0 aliphatic carbocycles. The number of hydrogen-bond donors (Lipinski definition) is 0. The van der Waals surface area contributed by atoms with Gasteiger partial charge in [-0.3, -0.25) is 4.90 Å². The lowest BCUT2D eigenvalue weighted by molar-refractivity contribution is 0.164. The average Bonchev–Trinajstić information content (AvgIpc) is 2.95. The van der Waals surface area contributed by atoms with E-state index in [1.807, 2.05) is 19.1 Å². The van der Waals surface area contributed by atoms with Crippen LogP contribution in [-0.2, 0) is 19.4 Å². The van der Waals surface area contributed by atoms with Gasteiger partial charge in [0.15, 0.2) is 0 Å². The molecule has 0 bridgehead atoms. The molecule has 5 heteroatoms. The van der Waals surface area contributed by atoms with Crippen LogP contribution in [0, 0.1) is 11.3 Å². The molecule has 0 unspecified atom stereocenters. The minimum Gasteiger partial charge on any atom is -0.424 e. The number of nitriles is 1. The third-order valence-corrected chi connectivity index (χ3v) is 3.69. The maximum absolute atomic E-state index is 9.02. The molecular formula is C15H16N4O. The molecule has 1 aromatic carbocycles. The Morgan fingerprint density at radius 3 is 2.85 bits per heavy atom. The number of fused-ring (bicyclic) bond motifs is 1. The fourth-order valence-corrected chi connectivity index (χ4v) is 2.62. The number of benzene rings is 1. The van der Waals surface area contributed by atoms with Crippen molar-refractivity contribution in [2.24, 2.45) is 0 Å². The Bertz CT molecular complexity index is 643. The van der Waals surface area contributed by atoms with Gasteiger partial charge in [-0.15, -0.1) is 10.2 Å². The highest BCUT2D eigenvalue weighted by atomic mass is 16.4. The third-order valence-electron chi connectivity index (χ3n) is 3.69. The summed E-state index contributed by atoms with van der Waals surface area (Å²) in [6, 6.07) is 10.5. The average molecular weight is 268 g/mol. The molecule has 2 heterocycles. The normalized spacial score (nSPS) is 18.5. The number of hydrogen-bond acceptors (Lipinski definition) is 5. The highest BCUT2D eigenvalue weighted by Crippen LogP contribution is 2.32. The number of aryl methyl sites for hydroxylation is 1. The zero-order valence-electron chi connectivity index (χ0n) is 11.4. The second kappa shape index (κ2) is 5.43. The van der Waals surface area contributed by atoms with E-state index in [0.29, 0.717) is 18.3 Å². The molecule has 1 aliphatic heterocycles. The van der Waals surface area contributed by atoms with Gasteiger partial charge in [0.25, 0.3) is 0 Å². The first-order chi connectivity index (χ1) is 9.81. The lowest BCUT2D eigenvalue weighted by Gasteiger charge is -2.33. The van der Waals surface area contributed by atoms with Crippen molar-refractivity contribution in [1.29, 1.82) is 5.26 Å². The van der Waals surface area contributed by atoms with Crippen molar-refractivity contribution in [1.82, 2.24) is 15.1 Å². The predicted molar refractivity (Wildman–Crippen MR) is 72.6 cm³/mol. The maximum atomic E-state index is 9.02. The summed E-state index contributed by atoms with van der Waals surface area (Å²) in [4.78, 5) is 2.09. The van der Waals surface area contributed by atoms with Gasteiger partial charge in [-0.25, -0.2) is 0 Å². The Balaban J connectivity index is 1.93. The van der Waals surface area contributed by atoms with Crippen LogP contribution in [0.1, 0.15) is 35.9 Å². The summed E-state index contributed by atoms with van der Waals surface area (Å²) in [6.07, 6.45) is 1.54. The van der Waals surface area contributed by atoms with E-state index in [4.69, 9.17) is 9.68 Å². The van der Waals surface area contributed by atoms with E-state index < -0.39 is 0 Å². The molecule has 0 N–H and O–H groups in total. The monoisotopic (exact) mass is 268 g/mol. The lowest BCUT2D eigenvalue weighted by Crippen LogP contribution is -2.34. The first-order valence-electron chi connectivity index (χ1n) is 6.82. The van der Waals surface area contributed by atoms with Crippen molar-refractivity contribution in [3.63, 3.8) is 0 Å². The quantitative estimate of drug-likeness (QED) is 0.799. The Hall–Kier alpha value is -2.19. The largest absolute Gasteiger partial charge is 0.424 e. The molecule has 0 radical (unpaired) electrons. The van der Waals surface area contributed by atoms with Crippen molar-refractivity contribution in [3.8, 4) is 6.07 Å². The molecule has 1 aliphatic rings. The molecular weight excluding hydrogens is 252 g/mol. The Morgan fingerprint density at radius 1 is 1.35 bits per heavy atom. The molecule has 0 fully saturated rings. The van der Waals surface area contributed by atoms with Gasteiger partial charge in [0.1, 0.15) is 0 Å². The lowest BCUT2D eigenvalue weighted by atomic mass is 9.94. The van der Waals surface area contributed by atoms with Crippen molar-refractivity contribution in [3.05, 3.63) is 47.2 Å². The minimum atomic E-state index is -0.00245. The van der Waals surface area contributed by atoms with Crippen molar-refractivity contribution < 1.29 is 4.42 Å². The van der Waals surface area contributed by atoms with E-state index >= 15 is 0 Å². The van der Waals surface area contributed by atoms with Crippen LogP contribution >= 0.6 is 0 Å². The highest BCUT2D eigenvalue weighted by molar-refractivity contribution is 5.31. The third kappa shape index (κ3) is 2.30. The molecule has 1 aromatic heterocycles. The smallest absolute Gasteiger partial charge is 0.233 e. The molecule has 1 atom stereocenters. The fourth-order valence-electron chi connectivity index (χ4n) is 2.62. The van der Waals surface area contributed by atoms with E-state index in [1.54, 1.807) is 0 Å². The molecule has 0 saturated heterocycles. The Morgan fingerprint density at radius 2 is 2.15 bits per heavy atom. The highest BCUT2D eigenvalue weighted by Gasteiger charge is 2.30. The van der Waals surface area contributed by atoms with E-state index in [2.05, 4.69) is 33.3 Å². The predicted octanol–water partition coefficient (Wildman–Crippen LogP) is 2.25. The number of rotatable bonds is 3.